The molecule has 21 heavy (non-hydrogen) atoms. The topological polar surface area (TPSA) is 42.2 Å². The first-order valence-electron chi connectivity index (χ1n) is 7.48. The first-order valence-corrected chi connectivity index (χ1v) is 8.02. The third kappa shape index (κ3) is 3.88. The number of aromatic nitrogens is 3. The van der Waals surface area contributed by atoms with Crippen LogP contribution in [0.4, 0.5) is 5.82 Å². The van der Waals surface area contributed by atoms with Gasteiger partial charge in [0.1, 0.15) is 5.52 Å². The Morgan fingerprint density at radius 1 is 1.33 bits per heavy atom. The zero-order chi connectivity index (χ0) is 15.6. The molecule has 0 aliphatic carbocycles. The van der Waals surface area contributed by atoms with Gasteiger partial charge in [0.2, 0.25) is 0 Å². The lowest BCUT2D eigenvalue weighted by Crippen LogP contribution is -2.24. The summed E-state index contributed by atoms with van der Waals surface area (Å²) >= 11 is 6.08. The SMILES string of the molecule is CC(C)CC(CCl)Nc1nccn2nc(C(C)(C)C)cc12. The van der Waals surface area contributed by atoms with Crippen LogP contribution in [-0.2, 0) is 5.41 Å². The molecule has 2 aromatic rings. The van der Waals surface area contributed by atoms with Gasteiger partial charge in [0.15, 0.2) is 5.82 Å². The van der Waals surface area contributed by atoms with Crippen molar-refractivity contribution in [2.75, 3.05) is 11.2 Å². The van der Waals surface area contributed by atoms with E-state index >= 15 is 0 Å². The number of hydrogen-bond acceptors (Lipinski definition) is 3. The highest BCUT2D eigenvalue weighted by Gasteiger charge is 2.20. The molecule has 5 heteroatoms. The van der Waals surface area contributed by atoms with Gasteiger partial charge in [0, 0.05) is 29.7 Å². The molecule has 0 saturated carbocycles. The summed E-state index contributed by atoms with van der Waals surface area (Å²) < 4.78 is 1.89. The Labute approximate surface area is 131 Å². The number of nitrogens with one attached hydrogen (secondary N) is 1. The van der Waals surface area contributed by atoms with Crippen molar-refractivity contribution in [1.29, 1.82) is 0 Å². The van der Waals surface area contributed by atoms with E-state index in [0.29, 0.717) is 11.8 Å². The Kier molecular flexibility index (Phi) is 4.77. The van der Waals surface area contributed by atoms with E-state index in [1.807, 2.05) is 10.7 Å². The number of alkyl halides is 1. The Morgan fingerprint density at radius 3 is 2.62 bits per heavy atom. The molecule has 0 aromatic carbocycles. The van der Waals surface area contributed by atoms with Gasteiger partial charge in [-0.1, -0.05) is 34.6 Å². The summed E-state index contributed by atoms with van der Waals surface area (Å²) in [6, 6.07) is 2.33. The van der Waals surface area contributed by atoms with Gasteiger partial charge in [-0.15, -0.1) is 11.6 Å². The average molecular weight is 309 g/mol. The molecule has 2 rings (SSSR count). The van der Waals surface area contributed by atoms with Gasteiger partial charge in [0.25, 0.3) is 0 Å². The molecule has 0 saturated heterocycles. The summed E-state index contributed by atoms with van der Waals surface area (Å²) in [7, 11) is 0. The smallest absolute Gasteiger partial charge is 0.152 e. The number of hydrogen-bond donors (Lipinski definition) is 1. The largest absolute Gasteiger partial charge is 0.364 e. The Balaban J connectivity index is 2.33. The Hall–Kier alpha value is -1.29. The van der Waals surface area contributed by atoms with E-state index in [2.05, 4.69) is 56.1 Å². The molecule has 0 aliphatic heterocycles. The van der Waals surface area contributed by atoms with Gasteiger partial charge in [0.05, 0.1) is 5.69 Å². The van der Waals surface area contributed by atoms with Crippen molar-refractivity contribution in [3.05, 3.63) is 24.2 Å². The van der Waals surface area contributed by atoms with Crippen LogP contribution in [0.15, 0.2) is 18.5 Å². The maximum Gasteiger partial charge on any atom is 0.152 e. The van der Waals surface area contributed by atoms with Gasteiger partial charge in [-0.05, 0) is 18.4 Å². The highest BCUT2D eigenvalue weighted by atomic mass is 35.5. The summed E-state index contributed by atoms with van der Waals surface area (Å²) in [5, 5.41) is 8.11. The molecule has 0 fully saturated rings. The van der Waals surface area contributed by atoms with Gasteiger partial charge in [-0.2, -0.15) is 5.10 Å². The van der Waals surface area contributed by atoms with E-state index < -0.39 is 0 Å². The highest BCUT2D eigenvalue weighted by molar-refractivity contribution is 6.18. The lowest BCUT2D eigenvalue weighted by Gasteiger charge is -2.18. The van der Waals surface area contributed by atoms with Crippen LogP contribution in [0.25, 0.3) is 5.52 Å². The fourth-order valence-corrected chi connectivity index (χ4v) is 2.53. The summed E-state index contributed by atoms with van der Waals surface area (Å²) in [6.07, 6.45) is 4.68. The monoisotopic (exact) mass is 308 g/mol. The van der Waals surface area contributed by atoms with Crippen LogP contribution in [0.1, 0.15) is 46.7 Å². The van der Waals surface area contributed by atoms with E-state index in [1.165, 1.54) is 0 Å². The number of anilines is 1. The molecular formula is C16H25ClN4. The lowest BCUT2D eigenvalue weighted by molar-refractivity contribution is 0.541. The zero-order valence-electron chi connectivity index (χ0n) is 13.5. The second-order valence-electron chi connectivity index (χ2n) is 7.01. The van der Waals surface area contributed by atoms with Crippen molar-refractivity contribution in [1.82, 2.24) is 14.6 Å². The summed E-state index contributed by atoms with van der Waals surface area (Å²) in [4.78, 5) is 4.47. The maximum absolute atomic E-state index is 6.08. The summed E-state index contributed by atoms with van der Waals surface area (Å²) in [6.45, 7) is 10.9. The second kappa shape index (κ2) is 6.22. The van der Waals surface area contributed by atoms with E-state index in [0.717, 1.165) is 23.4 Å². The number of rotatable bonds is 5. The molecule has 0 amide bonds. The van der Waals surface area contributed by atoms with Crippen LogP contribution < -0.4 is 5.32 Å². The van der Waals surface area contributed by atoms with Gasteiger partial charge in [-0.25, -0.2) is 9.50 Å². The molecule has 1 N–H and O–H groups in total. The molecule has 0 radical (unpaired) electrons. The molecule has 2 aromatic heterocycles. The third-order valence-corrected chi connectivity index (χ3v) is 3.81. The van der Waals surface area contributed by atoms with Crippen molar-refractivity contribution in [3.63, 3.8) is 0 Å². The van der Waals surface area contributed by atoms with Gasteiger partial charge < -0.3 is 5.32 Å². The van der Waals surface area contributed by atoms with E-state index in [9.17, 15) is 0 Å². The molecule has 116 valence electrons. The molecule has 0 spiro atoms. The maximum atomic E-state index is 6.08. The first-order chi connectivity index (χ1) is 9.81. The fourth-order valence-electron chi connectivity index (χ4n) is 2.32. The molecule has 0 bridgehead atoms. The molecule has 0 aliphatic rings. The van der Waals surface area contributed by atoms with Crippen molar-refractivity contribution in [3.8, 4) is 0 Å². The molecule has 4 nitrogen and oxygen atoms in total. The summed E-state index contributed by atoms with van der Waals surface area (Å²) in [5.41, 5.74) is 2.08. The minimum Gasteiger partial charge on any atom is -0.364 e. The summed E-state index contributed by atoms with van der Waals surface area (Å²) in [5.74, 6) is 2.02. The molecule has 1 atom stereocenters. The van der Waals surface area contributed by atoms with Crippen molar-refractivity contribution >= 4 is 22.9 Å². The molecule has 2 heterocycles. The zero-order valence-corrected chi connectivity index (χ0v) is 14.3. The van der Waals surface area contributed by atoms with E-state index in [1.54, 1.807) is 6.20 Å². The van der Waals surface area contributed by atoms with Crippen LogP contribution >= 0.6 is 11.6 Å². The Morgan fingerprint density at radius 2 is 2.05 bits per heavy atom. The van der Waals surface area contributed by atoms with E-state index in [-0.39, 0.29) is 11.5 Å². The second-order valence-corrected chi connectivity index (χ2v) is 7.32. The third-order valence-electron chi connectivity index (χ3n) is 3.44. The van der Waals surface area contributed by atoms with Crippen LogP contribution in [0, 0.1) is 5.92 Å². The minimum absolute atomic E-state index is 0.0209. The number of halogens is 1. The van der Waals surface area contributed by atoms with Crippen molar-refractivity contribution < 1.29 is 0 Å². The number of fused-ring (bicyclic) bond motifs is 1. The predicted molar refractivity (Wildman–Crippen MR) is 89.3 cm³/mol. The highest BCUT2D eigenvalue weighted by Crippen LogP contribution is 2.25. The van der Waals surface area contributed by atoms with Crippen LogP contribution in [-0.4, -0.2) is 26.5 Å². The predicted octanol–water partition coefficient (Wildman–Crippen LogP) is 4.09. The van der Waals surface area contributed by atoms with Crippen molar-refractivity contribution in [2.24, 2.45) is 5.92 Å². The normalized spacial score (nSPS) is 13.9. The lowest BCUT2D eigenvalue weighted by atomic mass is 9.92. The van der Waals surface area contributed by atoms with Crippen molar-refractivity contribution in [2.45, 2.75) is 52.5 Å². The van der Waals surface area contributed by atoms with Crippen LogP contribution in [0.2, 0.25) is 0 Å². The minimum atomic E-state index is 0.0209. The van der Waals surface area contributed by atoms with Crippen LogP contribution in [0.3, 0.4) is 0 Å². The molecular weight excluding hydrogens is 284 g/mol. The van der Waals surface area contributed by atoms with Gasteiger partial charge in [-0.3, -0.25) is 0 Å². The fraction of sp³-hybridized carbons (Fsp3) is 0.625. The van der Waals surface area contributed by atoms with Gasteiger partial charge >= 0.3 is 0 Å². The average Bonchev–Trinajstić information content (AvgIpc) is 2.82. The quantitative estimate of drug-likeness (QED) is 0.846. The Bertz CT molecular complexity index is 598. The standard InChI is InChI=1S/C16H25ClN4/c1-11(2)8-12(10-17)19-15-13-9-14(16(3,4)5)20-21(13)7-6-18-15/h6-7,9,11-12H,8,10H2,1-5H3,(H,18,19). The number of nitrogens with zero attached hydrogens (tertiary/aromatic N) is 3. The van der Waals surface area contributed by atoms with E-state index in [4.69, 9.17) is 11.6 Å². The first kappa shape index (κ1) is 16.1. The molecule has 1 unspecified atom stereocenters. The van der Waals surface area contributed by atoms with Crippen LogP contribution in [0.5, 0.6) is 0 Å².